The van der Waals surface area contributed by atoms with Crippen molar-refractivity contribution in [2.24, 2.45) is 5.92 Å². The molecule has 0 radical (unpaired) electrons. The number of nitrogens with zero attached hydrogens (tertiary/aromatic N) is 1. The van der Waals surface area contributed by atoms with Gasteiger partial charge in [0, 0.05) is 12.1 Å². The van der Waals surface area contributed by atoms with E-state index in [1.54, 1.807) is 0 Å². The van der Waals surface area contributed by atoms with Gasteiger partial charge in [-0.05, 0) is 56.3 Å². The molecule has 1 fully saturated rings. The molecular formula is C21H35NO. The minimum absolute atomic E-state index is 0.469. The van der Waals surface area contributed by atoms with Crippen molar-refractivity contribution in [3.63, 3.8) is 0 Å². The summed E-state index contributed by atoms with van der Waals surface area (Å²) in [4.78, 5) is 2.48. The summed E-state index contributed by atoms with van der Waals surface area (Å²) < 4.78 is 0. The van der Waals surface area contributed by atoms with Gasteiger partial charge in [-0.15, -0.1) is 0 Å². The van der Waals surface area contributed by atoms with E-state index in [0.29, 0.717) is 5.75 Å². The molecule has 1 aromatic rings. The van der Waals surface area contributed by atoms with Gasteiger partial charge in [-0.25, -0.2) is 0 Å². The van der Waals surface area contributed by atoms with Crippen molar-refractivity contribution in [1.82, 2.24) is 4.90 Å². The SMILES string of the molecule is CC(C)CCCCCCc1ccc(O)c(CN2CCCCC2)c1. The van der Waals surface area contributed by atoms with Crippen molar-refractivity contribution in [2.45, 2.75) is 78.2 Å². The van der Waals surface area contributed by atoms with E-state index in [1.165, 1.54) is 70.0 Å². The average molecular weight is 318 g/mol. The lowest BCUT2D eigenvalue weighted by Crippen LogP contribution is -2.29. The van der Waals surface area contributed by atoms with Crippen LogP contribution in [0.15, 0.2) is 18.2 Å². The second-order valence-electron chi connectivity index (χ2n) is 7.65. The number of piperidine rings is 1. The van der Waals surface area contributed by atoms with Gasteiger partial charge in [0.05, 0.1) is 0 Å². The zero-order valence-corrected chi connectivity index (χ0v) is 15.2. The van der Waals surface area contributed by atoms with Crippen LogP contribution in [0, 0.1) is 5.92 Å². The molecular weight excluding hydrogens is 282 g/mol. The molecule has 1 heterocycles. The highest BCUT2D eigenvalue weighted by Gasteiger charge is 2.12. The first-order chi connectivity index (χ1) is 11.1. The molecule has 0 bridgehead atoms. The van der Waals surface area contributed by atoms with E-state index in [4.69, 9.17) is 0 Å². The van der Waals surface area contributed by atoms with Gasteiger partial charge >= 0.3 is 0 Å². The molecule has 0 aliphatic carbocycles. The largest absolute Gasteiger partial charge is 0.508 e. The smallest absolute Gasteiger partial charge is 0.120 e. The molecule has 1 aliphatic rings. The van der Waals surface area contributed by atoms with Crippen molar-refractivity contribution < 1.29 is 5.11 Å². The second-order valence-corrected chi connectivity index (χ2v) is 7.65. The van der Waals surface area contributed by atoms with Gasteiger partial charge in [0.25, 0.3) is 0 Å². The zero-order chi connectivity index (χ0) is 16.5. The third kappa shape index (κ3) is 6.95. The van der Waals surface area contributed by atoms with Gasteiger partial charge < -0.3 is 5.11 Å². The lowest BCUT2D eigenvalue weighted by Gasteiger charge is -2.26. The van der Waals surface area contributed by atoms with E-state index in [-0.39, 0.29) is 0 Å². The molecule has 2 rings (SSSR count). The first-order valence-corrected chi connectivity index (χ1v) is 9.68. The van der Waals surface area contributed by atoms with Crippen LogP contribution in [0.2, 0.25) is 0 Å². The molecule has 1 N–H and O–H groups in total. The Balaban J connectivity index is 1.75. The van der Waals surface area contributed by atoms with Crippen LogP contribution in [0.4, 0.5) is 0 Å². The lowest BCUT2D eigenvalue weighted by atomic mass is 10.0. The number of aromatic hydroxyl groups is 1. The Morgan fingerprint density at radius 1 is 1.00 bits per heavy atom. The van der Waals surface area contributed by atoms with Crippen LogP contribution >= 0.6 is 0 Å². The van der Waals surface area contributed by atoms with Gasteiger partial charge in [-0.3, -0.25) is 4.90 Å². The van der Waals surface area contributed by atoms with Crippen molar-refractivity contribution in [2.75, 3.05) is 13.1 Å². The number of benzene rings is 1. The Hall–Kier alpha value is -1.02. The number of hydrogen-bond donors (Lipinski definition) is 1. The highest BCUT2D eigenvalue weighted by atomic mass is 16.3. The predicted molar refractivity (Wildman–Crippen MR) is 98.9 cm³/mol. The Labute approximate surface area is 142 Å². The van der Waals surface area contributed by atoms with Crippen LogP contribution in [-0.4, -0.2) is 23.1 Å². The summed E-state index contributed by atoms with van der Waals surface area (Å²) in [7, 11) is 0. The van der Waals surface area contributed by atoms with Crippen molar-refractivity contribution in [3.05, 3.63) is 29.3 Å². The summed E-state index contributed by atoms with van der Waals surface area (Å²) >= 11 is 0. The van der Waals surface area contributed by atoms with Gasteiger partial charge in [-0.1, -0.05) is 58.1 Å². The summed E-state index contributed by atoms with van der Waals surface area (Å²) in [6, 6.07) is 6.23. The third-order valence-corrected chi connectivity index (χ3v) is 4.98. The van der Waals surface area contributed by atoms with Gasteiger partial charge in [0.2, 0.25) is 0 Å². The van der Waals surface area contributed by atoms with Crippen LogP contribution in [0.5, 0.6) is 5.75 Å². The minimum Gasteiger partial charge on any atom is -0.508 e. The molecule has 0 aromatic heterocycles. The van der Waals surface area contributed by atoms with E-state index in [2.05, 4.69) is 30.9 Å². The number of likely N-dealkylation sites (tertiary alicyclic amines) is 1. The summed E-state index contributed by atoms with van der Waals surface area (Å²) in [5, 5.41) is 10.1. The third-order valence-electron chi connectivity index (χ3n) is 4.98. The summed E-state index contributed by atoms with van der Waals surface area (Å²) in [6.45, 7) is 7.88. The first kappa shape index (κ1) is 18.3. The number of phenolic OH excluding ortho intramolecular Hbond substituents is 1. The zero-order valence-electron chi connectivity index (χ0n) is 15.2. The fourth-order valence-electron chi connectivity index (χ4n) is 3.51. The van der Waals surface area contributed by atoms with E-state index in [9.17, 15) is 5.11 Å². The molecule has 1 aromatic carbocycles. The highest BCUT2D eigenvalue weighted by molar-refractivity contribution is 5.36. The second kappa shape index (κ2) is 9.97. The average Bonchev–Trinajstić information content (AvgIpc) is 2.54. The Morgan fingerprint density at radius 2 is 1.74 bits per heavy atom. The molecule has 23 heavy (non-hydrogen) atoms. The van der Waals surface area contributed by atoms with Gasteiger partial charge in [0.1, 0.15) is 5.75 Å². The number of phenols is 1. The predicted octanol–water partition coefficient (Wildman–Crippen LogP) is 5.53. The summed E-state index contributed by atoms with van der Waals surface area (Å²) in [5.41, 5.74) is 2.50. The normalized spacial score (nSPS) is 16.1. The van der Waals surface area contributed by atoms with E-state index in [1.807, 2.05) is 6.07 Å². The molecule has 0 saturated carbocycles. The maximum atomic E-state index is 10.1. The maximum Gasteiger partial charge on any atom is 0.120 e. The molecule has 2 heteroatoms. The summed E-state index contributed by atoms with van der Waals surface area (Å²) in [6.07, 6.45) is 11.8. The Kier molecular flexibility index (Phi) is 7.94. The Morgan fingerprint density at radius 3 is 2.48 bits per heavy atom. The minimum atomic E-state index is 0.469. The first-order valence-electron chi connectivity index (χ1n) is 9.68. The van der Waals surface area contributed by atoms with Crippen LogP contribution in [0.25, 0.3) is 0 Å². The molecule has 1 aliphatic heterocycles. The Bertz CT molecular complexity index is 449. The van der Waals surface area contributed by atoms with Gasteiger partial charge in [0.15, 0.2) is 0 Å². The van der Waals surface area contributed by atoms with Crippen LogP contribution in [0.1, 0.15) is 76.3 Å². The standard InChI is InChI=1S/C21H35NO/c1-18(2)10-6-3-4-7-11-19-12-13-21(23)20(16-19)17-22-14-8-5-9-15-22/h12-13,16,18,23H,3-11,14-15,17H2,1-2H3. The van der Waals surface area contributed by atoms with Crippen molar-refractivity contribution >= 4 is 0 Å². The fraction of sp³-hybridized carbons (Fsp3) is 0.714. The molecule has 0 spiro atoms. The van der Waals surface area contributed by atoms with Crippen LogP contribution in [-0.2, 0) is 13.0 Å². The topological polar surface area (TPSA) is 23.5 Å². The number of unbranched alkanes of at least 4 members (excludes halogenated alkanes) is 3. The van der Waals surface area contributed by atoms with E-state index >= 15 is 0 Å². The van der Waals surface area contributed by atoms with Crippen molar-refractivity contribution in [1.29, 1.82) is 0 Å². The molecule has 130 valence electrons. The highest BCUT2D eigenvalue weighted by Crippen LogP contribution is 2.23. The molecule has 0 amide bonds. The molecule has 0 unspecified atom stereocenters. The van der Waals surface area contributed by atoms with E-state index in [0.717, 1.165) is 24.4 Å². The monoisotopic (exact) mass is 317 g/mol. The lowest BCUT2D eigenvalue weighted by molar-refractivity contribution is 0.218. The summed E-state index contributed by atoms with van der Waals surface area (Å²) in [5.74, 6) is 1.31. The van der Waals surface area contributed by atoms with E-state index < -0.39 is 0 Å². The fourth-order valence-corrected chi connectivity index (χ4v) is 3.51. The quantitative estimate of drug-likeness (QED) is 0.606. The van der Waals surface area contributed by atoms with Crippen molar-refractivity contribution in [3.8, 4) is 5.75 Å². The van der Waals surface area contributed by atoms with Gasteiger partial charge in [-0.2, -0.15) is 0 Å². The number of aryl methyl sites for hydroxylation is 1. The van der Waals surface area contributed by atoms with Crippen LogP contribution < -0.4 is 0 Å². The maximum absolute atomic E-state index is 10.1. The van der Waals surface area contributed by atoms with Crippen LogP contribution in [0.3, 0.4) is 0 Å². The molecule has 2 nitrogen and oxygen atoms in total. The number of hydrogen-bond acceptors (Lipinski definition) is 2. The number of rotatable bonds is 9. The molecule has 0 atom stereocenters. The molecule has 1 saturated heterocycles.